The van der Waals surface area contributed by atoms with E-state index in [9.17, 15) is 9.59 Å². The molecule has 0 aromatic heterocycles. The molecular formula is C20H22ClN3O4. The van der Waals surface area contributed by atoms with E-state index in [-0.39, 0.29) is 24.4 Å². The average Bonchev–Trinajstić information content (AvgIpc) is 3.06. The normalized spacial score (nSPS) is 16.0. The Morgan fingerprint density at radius 1 is 1.18 bits per heavy atom. The lowest BCUT2D eigenvalue weighted by Gasteiger charge is -2.19. The molecule has 28 heavy (non-hydrogen) atoms. The quantitative estimate of drug-likeness (QED) is 0.777. The standard InChI is InChI=1S/C20H22ClN3O4/c1-27-17-8-7-15(10-18(17)28-2)24-12-14(9-19(24)25)23-20(26)22-11-13-5-3-4-6-16(13)21/h3-8,10,14H,9,11-12H2,1-2H3,(H2,22,23,26)/t14-/m0/s1. The maximum atomic E-state index is 12.4. The number of ether oxygens (including phenoxy) is 2. The highest BCUT2D eigenvalue weighted by atomic mass is 35.5. The van der Waals surface area contributed by atoms with Gasteiger partial charge in [-0.25, -0.2) is 4.79 Å². The fourth-order valence-electron chi connectivity index (χ4n) is 3.10. The molecule has 1 aliphatic heterocycles. The number of halogens is 1. The van der Waals surface area contributed by atoms with E-state index < -0.39 is 0 Å². The lowest BCUT2D eigenvalue weighted by Crippen LogP contribution is -2.43. The number of benzene rings is 2. The zero-order chi connectivity index (χ0) is 20.1. The summed E-state index contributed by atoms with van der Waals surface area (Å²) in [5, 5.41) is 6.20. The SMILES string of the molecule is COc1ccc(N2C[C@@H](NC(=O)NCc3ccccc3Cl)CC2=O)cc1OC. The van der Waals surface area contributed by atoms with E-state index in [1.807, 2.05) is 18.2 Å². The average molecular weight is 404 g/mol. The van der Waals surface area contributed by atoms with E-state index in [2.05, 4.69) is 10.6 Å². The van der Waals surface area contributed by atoms with E-state index in [0.29, 0.717) is 35.3 Å². The van der Waals surface area contributed by atoms with Crippen molar-refractivity contribution in [2.45, 2.75) is 19.0 Å². The van der Waals surface area contributed by atoms with Gasteiger partial charge in [-0.1, -0.05) is 29.8 Å². The third-order valence-electron chi connectivity index (χ3n) is 4.54. The van der Waals surface area contributed by atoms with E-state index in [0.717, 1.165) is 5.56 Å². The van der Waals surface area contributed by atoms with E-state index in [1.54, 1.807) is 43.4 Å². The summed E-state index contributed by atoms with van der Waals surface area (Å²) < 4.78 is 10.5. The topological polar surface area (TPSA) is 79.9 Å². The first-order valence-electron chi connectivity index (χ1n) is 8.82. The van der Waals surface area contributed by atoms with Gasteiger partial charge in [0, 0.05) is 36.3 Å². The molecule has 0 aliphatic carbocycles. The molecular weight excluding hydrogens is 382 g/mol. The first-order valence-corrected chi connectivity index (χ1v) is 9.19. The summed E-state index contributed by atoms with van der Waals surface area (Å²) in [6, 6.07) is 12.0. The fraction of sp³-hybridized carbons (Fsp3) is 0.300. The summed E-state index contributed by atoms with van der Waals surface area (Å²) in [6.07, 6.45) is 0.230. The van der Waals surface area contributed by atoms with Crippen LogP contribution in [-0.2, 0) is 11.3 Å². The number of carbonyl (C=O) groups excluding carboxylic acids is 2. The summed E-state index contributed by atoms with van der Waals surface area (Å²) in [5.74, 6) is 1.07. The minimum atomic E-state index is -0.341. The van der Waals surface area contributed by atoms with Crippen LogP contribution < -0.4 is 25.0 Å². The monoisotopic (exact) mass is 403 g/mol. The van der Waals surface area contributed by atoms with Gasteiger partial charge in [0.05, 0.1) is 20.3 Å². The second-order valence-electron chi connectivity index (χ2n) is 6.36. The zero-order valence-electron chi connectivity index (χ0n) is 15.7. The van der Waals surface area contributed by atoms with Gasteiger partial charge in [0.1, 0.15) is 0 Å². The maximum absolute atomic E-state index is 12.4. The molecule has 0 saturated carbocycles. The molecule has 1 fully saturated rings. The van der Waals surface area contributed by atoms with Crippen LogP contribution in [0, 0.1) is 0 Å². The number of anilines is 1. The molecule has 0 radical (unpaired) electrons. The van der Waals surface area contributed by atoms with Crippen LogP contribution in [0.4, 0.5) is 10.5 Å². The predicted molar refractivity (Wildman–Crippen MR) is 107 cm³/mol. The Balaban J connectivity index is 1.58. The minimum absolute atomic E-state index is 0.0661. The van der Waals surface area contributed by atoms with Crippen molar-refractivity contribution < 1.29 is 19.1 Å². The van der Waals surface area contributed by atoms with Crippen molar-refractivity contribution in [3.8, 4) is 11.5 Å². The first-order chi connectivity index (χ1) is 13.5. The molecule has 1 aliphatic rings. The van der Waals surface area contributed by atoms with Crippen molar-refractivity contribution in [2.24, 2.45) is 0 Å². The van der Waals surface area contributed by atoms with Gasteiger partial charge in [-0.3, -0.25) is 4.79 Å². The third kappa shape index (κ3) is 4.48. The molecule has 2 N–H and O–H groups in total. The second-order valence-corrected chi connectivity index (χ2v) is 6.77. The number of nitrogens with zero attached hydrogens (tertiary/aromatic N) is 1. The fourth-order valence-corrected chi connectivity index (χ4v) is 3.30. The Hall–Kier alpha value is -2.93. The Morgan fingerprint density at radius 2 is 1.93 bits per heavy atom. The predicted octanol–water partition coefficient (Wildman–Crippen LogP) is 2.96. The van der Waals surface area contributed by atoms with E-state index >= 15 is 0 Å². The van der Waals surface area contributed by atoms with Crippen LogP contribution >= 0.6 is 11.6 Å². The summed E-state index contributed by atoms with van der Waals surface area (Å²) in [6.45, 7) is 0.694. The number of methoxy groups -OCH3 is 2. The van der Waals surface area contributed by atoms with Gasteiger partial charge < -0.3 is 25.0 Å². The van der Waals surface area contributed by atoms with Gasteiger partial charge in [-0.15, -0.1) is 0 Å². The molecule has 1 saturated heterocycles. The Labute approximate surface area is 168 Å². The van der Waals surface area contributed by atoms with Crippen LogP contribution in [0.3, 0.4) is 0 Å². The van der Waals surface area contributed by atoms with Crippen molar-refractivity contribution in [3.63, 3.8) is 0 Å². The van der Waals surface area contributed by atoms with Crippen molar-refractivity contribution in [1.29, 1.82) is 0 Å². The summed E-state index contributed by atoms with van der Waals surface area (Å²) >= 11 is 6.09. The van der Waals surface area contributed by atoms with Gasteiger partial charge in [0.15, 0.2) is 11.5 Å². The third-order valence-corrected chi connectivity index (χ3v) is 4.91. The molecule has 1 heterocycles. The molecule has 2 aromatic rings. The zero-order valence-corrected chi connectivity index (χ0v) is 16.5. The van der Waals surface area contributed by atoms with Crippen LogP contribution in [-0.4, -0.2) is 38.7 Å². The van der Waals surface area contributed by atoms with Gasteiger partial charge in [-0.05, 0) is 23.8 Å². The van der Waals surface area contributed by atoms with Gasteiger partial charge in [-0.2, -0.15) is 0 Å². The van der Waals surface area contributed by atoms with E-state index in [1.165, 1.54) is 0 Å². The van der Waals surface area contributed by atoms with Crippen LogP contribution in [0.15, 0.2) is 42.5 Å². The molecule has 2 aromatic carbocycles. The molecule has 3 amide bonds. The van der Waals surface area contributed by atoms with Crippen LogP contribution in [0.5, 0.6) is 11.5 Å². The van der Waals surface area contributed by atoms with Crippen molar-refractivity contribution in [2.75, 3.05) is 25.7 Å². The number of urea groups is 1. The number of rotatable bonds is 6. The van der Waals surface area contributed by atoms with Crippen molar-refractivity contribution in [3.05, 3.63) is 53.1 Å². The number of carbonyl (C=O) groups is 2. The number of amides is 3. The maximum Gasteiger partial charge on any atom is 0.315 e. The molecule has 3 rings (SSSR count). The van der Waals surface area contributed by atoms with Crippen molar-refractivity contribution >= 4 is 29.2 Å². The summed E-state index contributed by atoms with van der Waals surface area (Å²) in [5.41, 5.74) is 1.53. The molecule has 0 bridgehead atoms. The Morgan fingerprint density at radius 3 is 2.64 bits per heavy atom. The lowest BCUT2D eigenvalue weighted by molar-refractivity contribution is -0.117. The van der Waals surface area contributed by atoms with Crippen molar-refractivity contribution in [1.82, 2.24) is 10.6 Å². The number of hydrogen-bond donors (Lipinski definition) is 2. The second kappa shape index (κ2) is 8.84. The highest BCUT2D eigenvalue weighted by Crippen LogP contribution is 2.33. The van der Waals surface area contributed by atoms with Gasteiger partial charge >= 0.3 is 6.03 Å². The summed E-state index contributed by atoms with van der Waals surface area (Å²) in [4.78, 5) is 26.2. The molecule has 148 valence electrons. The van der Waals surface area contributed by atoms with Gasteiger partial charge in [0.2, 0.25) is 5.91 Å². The molecule has 8 heteroatoms. The van der Waals surface area contributed by atoms with Crippen LogP contribution in [0.25, 0.3) is 0 Å². The highest BCUT2D eigenvalue weighted by molar-refractivity contribution is 6.31. The smallest absolute Gasteiger partial charge is 0.315 e. The first kappa shape index (κ1) is 19.8. The largest absolute Gasteiger partial charge is 0.493 e. The Kier molecular flexibility index (Phi) is 6.26. The summed E-state index contributed by atoms with van der Waals surface area (Å²) in [7, 11) is 3.10. The van der Waals surface area contributed by atoms with Crippen LogP contribution in [0.1, 0.15) is 12.0 Å². The van der Waals surface area contributed by atoms with Crippen LogP contribution in [0.2, 0.25) is 5.02 Å². The highest BCUT2D eigenvalue weighted by Gasteiger charge is 2.32. The van der Waals surface area contributed by atoms with Gasteiger partial charge in [0.25, 0.3) is 0 Å². The Bertz CT molecular complexity index is 874. The minimum Gasteiger partial charge on any atom is -0.493 e. The number of hydrogen-bond acceptors (Lipinski definition) is 4. The number of nitrogens with one attached hydrogen (secondary N) is 2. The molecule has 7 nitrogen and oxygen atoms in total. The lowest BCUT2D eigenvalue weighted by atomic mass is 10.2. The molecule has 0 unspecified atom stereocenters. The molecule has 1 atom stereocenters. The van der Waals surface area contributed by atoms with E-state index in [4.69, 9.17) is 21.1 Å². The molecule has 0 spiro atoms.